The molecule has 3 heterocycles. The predicted octanol–water partition coefficient (Wildman–Crippen LogP) is 3.87. The summed E-state index contributed by atoms with van der Waals surface area (Å²) in [5.74, 6) is 1.15. The number of rotatable bonds is 8. The first-order valence-corrected chi connectivity index (χ1v) is 10.9. The molecule has 2 aromatic heterocycles. The molecule has 2 amide bonds. The molecule has 0 radical (unpaired) electrons. The highest BCUT2D eigenvalue weighted by Gasteiger charge is 2.42. The highest BCUT2D eigenvalue weighted by atomic mass is 35.5. The molecule has 1 saturated heterocycles. The van der Waals surface area contributed by atoms with Gasteiger partial charge < -0.3 is 4.90 Å². The van der Waals surface area contributed by atoms with Crippen LogP contribution in [0.1, 0.15) is 50.3 Å². The van der Waals surface area contributed by atoms with E-state index in [1.54, 1.807) is 28.1 Å². The van der Waals surface area contributed by atoms with Crippen molar-refractivity contribution in [3.8, 4) is 0 Å². The maximum atomic E-state index is 13.2. The lowest BCUT2D eigenvalue weighted by Crippen LogP contribution is -2.42. The largest absolute Gasteiger partial charge is 0.327 e. The summed E-state index contributed by atoms with van der Waals surface area (Å²) >= 11 is 5.99. The molecule has 2 aromatic rings. The Morgan fingerprint density at radius 1 is 1.27 bits per heavy atom. The summed E-state index contributed by atoms with van der Waals surface area (Å²) < 4.78 is 0. The average molecular weight is 428 g/mol. The molecule has 4 rings (SSSR count). The van der Waals surface area contributed by atoms with E-state index in [0.717, 1.165) is 12.0 Å². The number of pyridine rings is 1. The summed E-state index contributed by atoms with van der Waals surface area (Å²) in [6, 6.07) is 3.07. The lowest BCUT2D eigenvalue weighted by Gasteiger charge is -2.26. The SMILES string of the molecule is CC[C@H](C)[C@H]1CN(c2ncc(C3CC3)cn2)C(=O)N1CC(=O)Cc1cc(Cl)ccn1. The molecule has 0 N–H and O–H groups in total. The summed E-state index contributed by atoms with van der Waals surface area (Å²) in [5, 5.41) is 0.542. The third-order valence-electron chi connectivity index (χ3n) is 6.00. The molecular weight excluding hydrogens is 402 g/mol. The van der Waals surface area contributed by atoms with E-state index in [9.17, 15) is 9.59 Å². The van der Waals surface area contributed by atoms with Gasteiger partial charge in [0.05, 0.1) is 25.6 Å². The van der Waals surface area contributed by atoms with E-state index in [-0.39, 0.29) is 36.7 Å². The molecule has 1 saturated carbocycles. The van der Waals surface area contributed by atoms with Gasteiger partial charge in [0.15, 0.2) is 5.78 Å². The van der Waals surface area contributed by atoms with Crippen LogP contribution in [0, 0.1) is 5.92 Å². The summed E-state index contributed by atoms with van der Waals surface area (Å²) in [4.78, 5) is 42.3. The van der Waals surface area contributed by atoms with Gasteiger partial charge in [0, 0.05) is 29.3 Å². The minimum Gasteiger partial charge on any atom is -0.312 e. The van der Waals surface area contributed by atoms with Gasteiger partial charge in [-0.25, -0.2) is 14.8 Å². The first-order valence-electron chi connectivity index (χ1n) is 10.5. The molecule has 0 aromatic carbocycles. The summed E-state index contributed by atoms with van der Waals surface area (Å²) in [6.45, 7) is 4.72. The van der Waals surface area contributed by atoms with Gasteiger partial charge in [-0.2, -0.15) is 0 Å². The summed E-state index contributed by atoms with van der Waals surface area (Å²) in [7, 11) is 0. The van der Waals surface area contributed by atoms with Crippen LogP contribution in [-0.2, 0) is 11.2 Å². The molecule has 2 atom stereocenters. The molecule has 7 nitrogen and oxygen atoms in total. The highest BCUT2D eigenvalue weighted by molar-refractivity contribution is 6.30. The Morgan fingerprint density at radius 2 is 2.00 bits per heavy atom. The molecular formula is C22H26ClN5O2. The second kappa shape index (κ2) is 8.68. The van der Waals surface area contributed by atoms with Gasteiger partial charge in [0.1, 0.15) is 0 Å². The van der Waals surface area contributed by atoms with Crippen molar-refractivity contribution in [3.63, 3.8) is 0 Å². The van der Waals surface area contributed by atoms with Crippen LogP contribution < -0.4 is 4.90 Å². The Hall–Kier alpha value is -2.54. The Kier molecular flexibility index (Phi) is 5.99. The standard InChI is InChI=1S/C22H26ClN5O2/c1-3-14(2)20-13-28(21-25-10-16(11-26-21)15-4-5-15)22(30)27(20)12-19(29)9-18-8-17(23)6-7-24-18/h6-8,10-11,14-15,20H,3-5,9,12-13H2,1-2H3/t14-,20+/m0/s1. The number of hydrogen-bond donors (Lipinski definition) is 0. The molecule has 8 heteroatoms. The van der Waals surface area contributed by atoms with Gasteiger partial charge in [-0.05, 0) is 42.4 Å². The molecule has 1 aliphatic carbocycles. The quantitative estimate of drug-likeness (QED) is 0.638. The van der Waals surface area contributed by atoms with E-state index >= 15 is 0 Å². The zero-order valence-corrected chi connectivity index (χ0v) is 18.0. The lowest BCUT2D eigenvalue weighted by atomic mass is 9.98. The molecule has 0 unspecified atom stereocenters. The number of amides is 2. The molecule has 30 heavy (non-hydrogen) atoms. The van der Waals surface area contributed by atoms with E-state index in [1.165, 1.54) is 12.8 Å². The van der Waals surface area contributed by atoms with Crippen molar-refractivity contribution in [2.45, 2.75) is 51.5 Å². The van der Waals surface area contributed by atoms with E-state index in [2.05, 4.69) is 28.8 Å². The number of hydrogen-bond acceptors (Lipinski definition) is 5. The van der Waals surface area contributed by atoms with Crippen LogP contribution in [0.5, 0.6) is 0 Å². The van der Waals surface area contributed by atoms with Crippen molar-refractivity contribution < 1.29 is 9.59 Å². The van der Waals surface area contributed by atoms with E-state index < -0.39 is 0 Å². The normalized spacial score (nSPS) is 20.0. The second-order valence-electron chi connectivity index (χ2n) is 8.25. The summed E-state index contributed by atoms with van der Waals surface area (Å²) in [5.41, 5.74) is 1.74. The number of urea groups is 1. The molecule has 2 fully saturated rings. The highest BCUT2D eigenvalue weighted by Crippen LogP contribution is 2.39. The van der Waals surface area contributed by atoms with Crippen molar-refractivity contribution in [2.24, 2.45) is 5.92 Å². The smallest absolute Gasteiger partial charge is 0.312 e. The molecule has 0 spiro atoms. The van der Waals surface area contributed by atoms with Crippen LogP contribution in [0.15, 0.2) is 30.7 Å². The minimum atomic E-state index is -0.216. The van der Waals surface area contributed by atoms with E-state index in [4.69, 9.17) is 11.6 Å². The fourth-order valence-electron chi connectivity index (χ4n) is 3.86. The Labute approximate surface area is 181 Å². The monoisotopic (exact) mass is 427 g/mol. The average Bonchev–Trinajstić information content (AvgIpc) is 3.53. The fraction of sp³-hybridized carbons (Fsp3) is 0.500. The van der Waals surface area contributed by atoms with Crippen molar-refractivity contribution >= 4 is 29.4 Å². The van der Waals surface area contributed by atoms with Crippen molar-refractivity contribution in [1.82, 2.24) is 19.9 Å². The summed E-state index contributed by atoms with van der Waals surface area (Å²) in [6.07, 6.45) is 8.64. The molecule has 1 aliphatic heterocycles. The molecule has 2 aliphatic rings. The van der Waals surface area contributed by atoms with E-state index in [0.29, 0.717) is 29.1 Å². The van der Waals surface area contributed by atoms with Crippen LogP contribution in [0.25, 0.3) is 0 Å². The maximum absolute atomic E-state index is 13.2. The van der Waals surface area contributed by atoms with Gasteiger partial charge >= 0.3 is 6.03 Å². The van der Waals surface area contributed by atoms with Crippen LogP contribution >= 0.6 is 11.6 Å². The van der Waals surface area contributed by atoms with Crippen LogP contribution in [0.4, 0.5) is 10.7 Å². The Bertz CT molecular complexity index is 931. The topological polar surface area (TPSA) is 79.3 Å². The third-order valence-corrected chi connectivity index (χ3v) is 6.23. The fourth-order valence-corrected chi connectivity index (χ4v) is 4.05. The minimum absolute atomic E-state index is 0.0404. The van der Waals surface area contributed by atoms with Crippen LogP contribution in [0.3, 0.4) is 0 Å². The number of Topliss-reactive ketones (excluding diaryl/α,β-unsaturated/α-hetero) is 1. The number of anilines is 1. The van der Waals surface area contributed by atoms with Gasteiger partial charge in [-0.15, -0.1) is 0 Å². The van der Waals surface area contributed by atoms with Gasteiger partial charge in [-0.3, -0.25) is 14.7 Å². The number of carbonyl (C=O) groups excluding carboxylic acids is 2. The van der Waals surface area contributed by atoms with Gasteiger partial charge in [0.25, 0.3) is 0 Å². The van der Waals surface area contributed by atoms with Crippen molar-refractivity contribution in [1.29, 1.82) is 0 Å². The second-order valence-corrected chi connectivity index (χ2v) is 8.68. The van der Waals surface area contributed by atoms with Gasteiger partial charge in [0.2, 0.25) is 5.95 Å². The van der Waals surface area contributed by atoms with Crippen LogP contribution in [-0.4, -0.2) is 50.8 Å². The van der Waals surface area contributed by atoms with E-state index in [1.807, 2.05) is 12.4 Å². The molecule has 158 valence electrons. The number of nitrogens with zero attached hydrogens (tertiary/aromatic N) is 5. The first kappa shape index (κ1) is 20.7. The lowest BCUT2D eigenvalue weighted by molar-refractivity contribution is -0.119. The van der Waals surface area contributed by atoms with Crippen molar-refractivity contribution in [2.75, 3.05) is 18.0 Å². The Morgan fingerprint density at radius 3 is 2.63 bits per heavy atom. The first-order chi connectivity index (χ1) is 14.5. The maximum Gasteiger partial charge on any atom is 0.327 e. The number of halogens is 1. The Balaban J connectivity index is 1.49. The predicted molar refractivity (Wildman–Crippen MR) is 115 cm³/mol. The number of aromatic nitrogens is 3. The van der Waals surface area contributed by atoms with Gasteiger partial charge in [-0.1, -0.05) is 31.9 Å². The van der Waals surface area contributed by atoms with Crippen LogP contribution in [0.2, 0.25) is 5.02 Å². The zero-order chi connectivity index (χ0) is 21.3. The zero-order valence-electron chi connectivity index (χ0n) is 17.3. The number of ketones is 1. The number of carbonyl (C=O) groups is 2. The van der Waals surface area contributed by atoms with Crippen molar-refractivity contribution in [3.05, 3.63) is 47.0 Å². The molecule has 0 bridgehead atoms. The third kappa shape index (κ3) is 4.46.